The summed E-state index contributed by atoms with van der Waals surface area (Å²) in [6.07, 6.45) is -14.8. The van der Waals surface area contributed by atoms with Crippen molar-refractivity contribution in [1.82, 2.24) is 10.6 Å². The summed E-state index contributed by atoms with van der Waals surface area (Å²) in [6.45, 7) is -0.863. The van der Waals surface area contributed by atoms with Crippen LogP contribution in [0.2, 0.25) is 0 Å². The van der Waals surface area contributed by atoms with Crippen molar-refractivity contribution >= 4 is 11.8 Å². The molecule has 35 heteroatoms. The van der Waals surface area contributed by atoms with Gasteiger partial charge in [0.2, 0.25) is 11.8 Å². The summed E-state index contributed by atoms with van der Waals surface area (Å²) < 4.78 is 69.8. The Kier molecular flexibility index (Phi) is 48.9. The molecule has 6 aliphatic heterocycles. The van der Waals surface area contributed by atoms with Gasteiger partial charge in [-0.15, -0.1) is 0 Å². The van der Waals surface area contributed by atoms with Crippen LogP contribution in [0.1, 0.15) is 239 Å². The van der Waals surface area contributed by atoms with E-state index in [1.807, 2.05) is 6.08 Å². The lowest BCUT2D eigenvalue weighted by atomic mass is 9.94. The zero-order valence-electron chi connectivity index (χ0n) is 67.8. The van der Waals surface area contributed by atoms with E-state index < -0.39 is 248 Å². The number of hydrogen-bond donors (Lipinski definition) is 21. The van der Waals surface area contributed by atoms with Gasteiger partial charge in [0.15, 0.2) is 37.7 Å². The fourth-order valence-corrected chi connectivity index (χ4v) is 15.7. The molecule has 0 bridgehead atoms. The molecule has 2 amide bonds. The number of aliphatic hydroxyl groups excluding tert-OH is 19. The molecule has 12 unspecified atom stereocenters. The fraction of sp³-hybridized carbons (Fsp3) is 0.950. The largest absolute Gasteiger partial charge is 0.394 e. The highest BCUT2D eigenvalue weighted by molar-refractivity contribution is 5.76. The number of ether oxygens (including phenoxy) is 12. The van der Waals surface area contributed by atoms with Crippen molar-refractivity contribution in [2.24, 2.45) is 0 Å². The lowest BCUT2D eigenvalue weighted by Gasteiger charge is -2.50. The second-order valence-corrected chi connectivity index (χ2v) is 32.0. The molecule has 32 atom stereocenters. The van der Waals surface area contributed by atoms with Gasteiger partial charge in [0.1, 0.15) is 146 Å². The van der Waals surface area contributed by atoms with Crippen LogP contribution in [0.15, 0.2) is 12.2 Å². The SMILES string of the molecule is CCCCCCCCCCCCC/C=C/[C@@H](O)[C@H](CO[C@@H]1OC(CO)[C@@H](O[C@@H]2OC(CO)[C@H](O[C@@H]3OC(CO)[C@H](O)[C@H](O[C@H]4OC(CO)[C@H](O)[C@H](O[C@H]5OC(CO)[C@H](O)[C@H](O[C@@H]6OC(CO)[C@H](O)[C@H](O)C6NC(C)=O)C5O)C4O)C3O)[C@H](O)C2O)[C@H](O)C1O)NC(=O)CCCCCCCCCCCCCCCCCCCCCCC. The van der Waals surface area contributed by atoms with E-state index in [0.29, 0.717) is 12.8 Å². The minimum absolute atomic E-state index is 0.185. The Balaban J connectivity index is 1.02. The molecule has 6 aliphatic rings. The highest BCUT2D eigenvalue weighted by atomic mass is 16.8. The lowest BCUT2D eigenvalue weighted by Crippen LogP contribution is -2.69. The van der Waals surface area contributed by atoms with Crippen molar-refractivity contribution in [3.05, 3.63) is 12.2 Å². The number of carbonyl (C=O) groups is 2. The van der Waals surface area contributed by atoms with Gasteiger partial charge in [-0.25, -0.2) is 0 Å². The second kappa shape index (κ2) is 55.5. The molecule has 6 fully saturated rings. The Morgan fingerprint density at radius 1 is 0.339 bits per heavy atom. The molecular weight excluding hydrogens is 1520 g/mol. The maximum absolute atomic E-state index is 13.5. The van der Waals surface area contributed by atoms with E-state index in [2.05, 4.69) is 24.5 Å². The van der Waals surface area contributed by atoms with Crippen molar-refractivity contribution < 1.29 is 163 Å². The third kappa shape index (κ3) is 31.9. The molecule has 0 radical (unpaired) electrons. The van der Waals surface area contributed by atoms with Crippen LogP contribution in [0, 0.1) is 0 Å². The van der Waals surface area contributed by atoms with E-state index >= 15 is 0 Å². The Hall–Kier alpha value is -2.56. The first kappa shape index (κ1) is 101. The molecule has 21 N–H and O–H groups in total. The quantitative estimate of drug-likeness (QED) is 0.0276. The number of carbonyl (C=O) groups excluding carboxylic acids is 2. The molecule has 35 nitrogen and oxygen atoms in total. The predicted octanol–water partition coefficient (Wildman–Crippen LogP) is -0.227. The molecule has 0 aromatic carbocycles. The van der Waals surface area contributed by atoms with Crippen LogP contribution >= 0.6 is 0 Å². The van der Waals surface area contributed by atoms with Gasteiger partial charge >= 0.3 is 0 Å². The molecule has 6 saturated heterocycles. The summed E-state index contributed by atoms with van der Waals surface area (Å²) in [5.74, 6) is -1.09. The number of unbranched alkanes of at least 4 members (excludes halogenated alkanes) is 31. The van der Waals surface area contributed by atoms with Crippen molar-refractivity contribution in [2.75, 3.05) is 46.2 Å². The smallest absolute Gasteiger partial charge is 0.220 e. The van der Waals surface area contributed by atoms with Crippen molar-refractivity contribution in [3.63, 3.8) is 0 Å². The van der Waals surface area contributed by atoms with Gasteiger partial charge in [-0.1, -0.05) is 219 Å². The second-order valence-electron chi connectivity index (χ2n) is 32.0. The molecule has 0 spiro atoms. The van der Waals surface area contributed by atoms with Crippen molar-refractivity contribution in [2.45, 2.75) is 435 Å². The number of hydrogen-bond acceptors (Lipinski definition) is 33. The monoisotopic (exact) mass is 1660 g/mol. The maximum Gasteiger partial charge on any atom is 0.220 e. The third-order valence-electron chi connectivity index (χ3n) is 22.8. The maximum atomic E-state index is 13.5. The van der Waals surface area contributed by atoms with Crippen LogP contribution in [0.25, 0.3) is 0 Å². The summed E-state index contributed by atoms with van der Waals surface area (Å²) in [7, 11) is 0. The summed E-state index contributed by atoms with van der Waals surface area (Å²) in [5, 5.41) is 216. The van der Waals surface area contributed by atoms with E-state index in [1.165, 1.54) is 148 Å². The number of amides is 2. The van der Waals surface area contributed by atoms with Gasteiger partial charge in [-0.05, 0) is 19.3 Å². The molecule has 0 aromatic heterocycles. The van der Waals surface area contributed by atoms with Crippen LogP contribution in [0.4, 0.5) is 0 Å². The fourth-order valence-electron chi connectivity index (χ4n) is 15.7. The van der Waals surface area contributed by atoms with Crippen LogP contribution in [0.3, 0.4) is 0 Å². The van der Waals surface area contributed by atoms with Crippen molar-refractivity contribution in [3.8, 4) is 0 Å². The van der Waals surface area contributed by atoms with Crippen LogP contribution < -0.4 is 10.6 Å². The average molecular weight is 1660 g/mol. The van der Waals surface area contributed by atoms with E-state index in [9.17, 15) is 107 Å². The zero-order chi connectivity index (χ0) is 83.9. The molecule has 115 heavy (non-hydrogen) atoms. The van der Waals surface area contributed by atoms with E-state index in [0.717, 1.165) is 58.3 Å². The summed E-state index contributed by atoms with van der Waals surface area (Å²) >= 11 is 0. The van der Waals surface area contributed by atoms with Gasteiger partial charge in [0.05, 0.1) is 58.4 Å². The number of aliphatic hydroxyl groups is 19. The molecule has 0 aromatic rings. The molecule has 6 heterocycles. The molecule has 6 rings (SSSR count). The molecule has 0 saturated carbocycles. The van der Waals surface area contributed by atoms with E-state index in [4.69, 9.17) is 56.8 Å². The highest BCUT2D eigenvalue weighted by Crippen LogP contribution is 2.38. The topological polar surface area (TPSA) is 553 Å². The van der Waals surface area contributed by atoms with E-state index in [1.54, 1.807) is 6.08 Å². The number of allylic oxidation sites excluding steroid dienone is 1. The predicted molar refractivity (Wildman–Crippen MR) is 410 cm³/mol. The van der Waals surface area contributed by atoms with Crippen molar-refractivity contribution in [1.29, 1.82) is 0 Å². The zero-order valence-corrected chi connectivity index (χ0v) is 67.8. The Bertz CT molecular complexity index is 2580. The third-order valence-corrected chi connectivity index (χ3v) is 22.8. The van der Waals surface area contributed by atoms with Gasteiger partial charge in [-0.2, -0.15) is 0 Å². The van der Waals surface area contributed by atoms with Crippen LogP contribution in [-0.2, 0) is 66.4 Å². The van der Waals surface area contributed by atoms with Crippen LogP contribution in [-0.4, -0.2) is 351 Å². The van der Waals surface area contributed by atoms with Crippen LogP contribution in [0.5, 0.6) is 0 Å². The van der Waals surface area contributed by atoms with Gasteiger partial charge in [-0.3, -0.25) is 9.59 Å². The summed E-state index contributed by atoms with van der Waals surface area (Å²) in [6, 6.07) is -2.66. The molecule has 0 aliphatic carbocycles. The Morgan fingerprint density at radius 3 is 1.00 bits per heavy atom. The van der Waals surface area contributed by atoms with Gasteiger partial charge < -0.3 is 164 Å². The first-order valence-electron chi connectivity index (χ1n) is 43.0. The summed E-state index contributed by atoms with van der Waals surface area (Å²) in [5.41, 5.74) is 0. The Labute approximate surface area is 677 Å². The minimum Gasteiger partial charge on any atom is -0.394 e. The van der Waals surface area contributed by atoms with Gasteiger partial charge in [0, 0.05) is 13.3 Å². The first-order chi connectivity index (χ1) is 55.4. The normalized spacial score (nSPS) is 36.6. The van der Waals surface area contributed by atoms with E-state index in [-0.39, 0.29) is 12.3 Å². The first-order valence-corrected chi connectivity index (χ1v) is 43.0. The molecule has 674 valence electrons. The highest BCUT2D eigenvalue weighted by Gasteiger charge is 2.58. The molecular formula is C80H146N2O33. The Morgan fingerprint density at radius 2 is 0.635 bits per heavy atom. The summed E-state index contributed by atoms with van der Waals surface area (Å²) in [4.78, 5) is 25.7. The minimum atomic E-state index is -2.28. The average Bonchev–Trinajstić information content (AvgIpc) is 0.773. The van der Waals surface area contributed by atoms with Gasteiger partial charge in [0.25, 0.3) is 0 Å². The standard InChI is InChI=1S/C80H146N2O33/c1-4-6-8-10-12-14-16-18-19-20-21-22-23-24-25-27-29-31-33-35-37-39-56(91)82-48(49(90)38-36-34-32-30-28-26-17-15-13-11-9-7-5-2)46-104-76-65(99)63(97)70(54(44-87)109-76)111-77-66(100)64(98)71(55(45-88)110-77)112-78-68(102)73(60(94)52(42-85)106-78)114-80-69(103)74(61(95)53(43-86)108-80)115-79-67(101)72(59(93)51(41-84)107-79)113-75-57(81-47(3)89)62(96)58(92)50(40-83)105-75/h36,38,48-55,57-80,83-88,90,92-103H,4-35,37,39-46H2,1-3H3,(H,81,89)(H,82,91)/b38-36+/t48-,49+,50?,51?,52?,53?,54?,55?,57?,58-,59-,60-,61-,62+,63+,64+,65?,66?,67?,68?,69?,70+,71-,72-,73-,74-,75-,76+,77-,78-,79+,80+/m0/s1. The lowest BCUT2D eigenvalue weighted by molar-refractivity contribution is -0.397. The number of nitrogens with one attached hydrogen (secondary N) is 2. The number of rotatable bonds is 57.